The summed E-state index contributed by atoms with van der Waals surface area (Å²) in [5.41, 5.74) is 6.67. The van der Waals surface area contributed by atoms with Crippen LogP contribution in [0.25, 0.3) is 0 Å². The highest BCUT2D eigenvalue weighted by Gasteiger charge is 2.10. The predicted octanol–water partition coefficient (Wildman–Crippen LogP) is 2.82. The summed E-state index contributed by atoms with van der Waals surface area (Å²) < 4.78 is 16.5. The van der Waals surface area contributed by atoms with Gasteiger partial charge in [0.2, 0.25) is 5.91 Å². The number of benzene rings is 2. The Morgan fingerprint density at radius 1 is 0.759 bits per heavy atom. The van der Waals surface area contributed by atoms with Crippen LogP contribution in [0, 0.1) is 0 Å². The van der Waals surface area contributed by atoms with Crippen LogP contribution in [-0.4, -0.2) is 31.6 Å². The molecule has 2 amide bonds. The molecule has 0 fully saturated rings. The van der Waals surface area contributed by atoms with Crippen molar-refractivity contribution in [2.45, 2.75) is 33.6 Å². The van der Waals surface area contributed by atoms with Crippen LogP contribution in [0.15, 0.2) is 42.5 Å². The number of ether oxygens (including phenoxy) is 3. The molecule has 2 rings (SSSR count). The Morgan fingerprint density at radius 2 is 1.38 bits per heavy atom. The molecular weight excluding hydrogens is 372 g/mol. The zero-order valence-electron chi connectivity index (χ0n) is 17.1. The van der Waals surface area contributed by atoms with Gasteiger partial charge in [0.05, 0.1) is 19.6 Å². The molecule has 0 saturated heterocycles. The van der Waals surface area contributed by atoms with Gasteiger partial charge >= 0.3 is 0 Å². The van der Waals surface area contributed by atoms with Gasteiger partial charge in [0.15, 0.2) is 18.1 Å². The van der Waals surface area contributed by atoms with E-state index in [2.05, 4.69) is 17.8 Å². The van der Waals surface area contributed by atoms with Crippen LogP contribution in [-0.2, 0) is 22.4 Å². The molecule has 0 radical (unpaired) electrons. The first-order valence-corrected chi connectivity index (χ1v) is 9.73. The van der Waals surface area contributed by atoms with Gasteiger partial charge in [-0.1, -0.05) is 25.1 Å². The lowest BCUT2D eigenvalue weighted by atomic mass is 10.1. The predicted molar refractivity (Wildman–Crippen MR) is 110 cm³/mol. The maximum atomic E-state index is 12.1. The van der Waals surface area contributed by atoms with E-state index in [0.29, 0.717) is 30.5 Å². The van der Waals surface area contributed by atoms with Crippen LogP contribution in [0.2, 0.25) is 0 Å². The number of carbonyl (C=O) groups excluding carboxylic acids is 2. The van der Waals surface area contributed by atoms with Crippen molar-refractivity contribution >= 4 is 11.8 Å². The van der Waals surface area contributed by atoms with E-state index in [0.717, 1.165) is 12.0 Å². The average molecular weight is 400 g/mol. The molecule has 7 heteroatoms. The molecule has 0 spiro atoms. The van der Waals surface area contributed by atoms with Crippen LogP contribution < -0.4 is 25.1 Å². The summed E-state index contributed by atoms with van der Waals surface area (Å²) in [7, 11) is 0. The Labute approximate surface area is 171 Å². The zero-order chi connectivity index (χ0) is 21.1. The molecule has 0 atom stereocenters. The standard InChI is InChI=1S/C22H28N2O5/c1-4-16-7-10-18(11-8-16)29-15-22(26)24-23-21(25)14-17-9-12-19(27-5-2)20(13-17)28-6-3/h7-13H,4-6,14-15H2,1-3H3,(H,23,25)(H,24,26). The number of hydrogen-bond donors (Lipinski definition) is 2. The second-order valence-electron chi connectivity index (χ2n) is 6.21. The summed E-state index contributed by atoms with van der Waals surface area (Å²) >= 11 is 0. The smallest absolute Gasteiger partial charge is 0.276 e. The first-order valence-electron chi connectivity index (χ1n) is 9.73. The molecule has 2 N–H and O–H groups in total. The van der Waals surface area contributed by atoms with Crippen molar-refractivity contribution in [3.05, 3.63) is 53.6 Å². The molecule has 2 aromatic rings. The van der Waals surface area contributed by atoms with E-state index in [-0.39, 0.29) is 18.9 Å². The lowest BCUT2D eigenvalue weighted by Gasteiger charge is -2.13. The highest BCUT2D eigenvalue weighted by Crippen LogP contribution is 2.28. The van der Waals surface area contributed by atoms with E-state index < -0.39 is 5.91 Å². The quantitative estimate of drug-likeness (QED) is 0.599. The number of carbonyl (C=O) groups is 2. The molecule has 0 heterocycles. The van der Waals surface area contributed by atoms with Crippen LogP contribution in [0.4, 0.5) is 0 Å². The number of nitrogens with one attached hydrogen (secondary N) is 2. The summed E-state index contributed by atoms with van der Waals surface area (Å²) in [6, 6.07) is 12.8. The van der Waals surface area contributed by atoms with Gasteiger partial charge in [0.25, 0.3) is 5.91 Å². The van der Waals surface area contributed by atoms with Crippen molar-refractivity contribution < 1.29 is 23.8 Å². The third-order valence-electron chi connectivity index (χ3n) is 4.02. The van der Waals surface area contributed by atoms with Gasteiger partial charge in [-0.25, -0.2) is 0 Å². The maximum absolute atomic E-state index is 12.1. The molecule has 2 aromatic carbocycles. The van der Waals surface area contributed by atoms with Gasteiger partial charge in [0, 0.05) is 0 Å². The zero-order valence-corrected chi connectivity index (χ0v) is 17.1. The van der Waals surface area contributed by atoms with Crippen LogP contribution in [0.3, 0.4) is 0 Å². The topological polar surface area (TPSA) is 85.9 Å². The molecule has 0 aliphatic carbocycles. The second-order valence-corrected chi connectivity index (χ2v) is 6.21. The summed E-state index contributed by atoms with van der Waals surface area (Å²) in [6.45, 7) is 6.67. The lowest BCUT2D eigenvalue weighted by molar-refractivity contribution is -0.129. The van der Waals surface area contributed by atoms with Gasteiger partial charge in [-0.15, -0.1) is 0 Å². The fraction of sp³-hybridized carbons (Fsp3) is 0.364. The molecule has 7 nitrogen and oxygen atoms in total. The molecule has 0 unspecified atom stereocenters. The summed E-state index contributed by atoms with van der Waals surface area (Å²) in [5.74, 6) is 1.03. The van der Waals surface area contributed by atoms with Crippen molar-refractivity contribution in [3.63, 3.8) is 0 Å². The van der Waals surface area contributed by atoms with E-state index in [1.54, 1.807) is 18.2 Å². The summed E-state index contributed by atoms with van der Waals surface area (Å²) in [5, 5.41) is 0. The van der Waals surface area contributed by atoms with Gasteiger partial charge in [-0.3, -0.25) is 20.4 Å². The van der Waals surface area contributed by atoms with E-state index in [4.69, 9.17) is 14.2 Å². The lowest BCUT2D eigenvalue weighted by Crippen LogP contribution is -2.44. The van der Waals surface area contributed by atoms with Crippen molar-refractivity contribution in [2.75, 3.05) is 19.8 Å². The summed E-state index contributed by atoms with van der Waals surface area (Å²) in [6.07, 6.45) is 1.03. The molecular formula is C22H28N2O5. The molecule has 0 saturated carbocycles. The first kappa shape index (κ1) is 22.1. The second kappa shape index (κ2) is 11.6. The minimum atomic E-state index is -0.445. The van der Waals surface area contributed by atoms with Gasteiger partial charge in [0.1, 0.15) is 5.75 Å². The number of hydrogen-bond acceptors (Lipinski definition) is 5. The average Bonchev–Trinajstić information content (AvgIpc) is 2.73. The summed E-state index contributed by atoms with van der Waals surface area (Å²) in [4.78, 5) is 24.0. The van der Waals surface area contributed by atoms with E-state index in [9.17, 15) is 9.59 Å². The van der Waals surface area contributed by atoms with E-state index in [1.807, 2.05) is 38.1 Å². The molecule has 0 bridgehead atoms. The number of rotatable bonds is 10. The molecule has 0 aromatic heterocycles. The fourth-order valence-electron chi connectivity index (χ4n) is 2.58. The van der Waals surface area contributed by atoms with Crippen LogP contribution >= 0.6 is 0 Å². The Morgan fingerprint density at radius 3 is 2.03 bits per heavy atom. The highest BCUT2D eigenvalue weighted by atomic mass is 16.5. The normalized spacial score (nSPS) is 10.2. The van der Waals surface area contributed by atoms with Crippen molar-refractivity contribution in [1.82, 2.24) is 10.9 Å². The fourth-order valence-corrected chi connectivity index (χ4v) is 2.58. The van der Waals surface area contributed by atoms with Gasteiger partial charge in [-0.2, -0.15) is 0 Å². The molecule has 0 aliphatic rings. The Balaban J connectivity index is 1.79. The van der Waals surface area contributed by atoms with Gasteiger partial charge in [-0.05, 0) is 55.7 Å². The van der Waals surface area contributed by atoms with E-state index in [1.165, 1.54) is 5.56 Å². The minimum Gasteiger partial charge on any atom is -0.490 e. The van der Waals surface area contributed by atoms with Crippen LogP contribution in [0.1, 0.15) is 31.9 Å². The SMILES string of the molecule is CCOc1ccc(CC(=O)NNC(=O)COc2ccc(CC)cc2)cc1OCC. The first-order chi connectivity index (χ1) is 14.0. The Hall–Kier alpha value is -3.22. The van der Waals surface area contributed by atoms with Gasteiger partial charge < -0.3 is 14.2 Å². The van der Waals surface area contributed by atoms with Crippen molar-refractivity contribution in [1.29, 1.82) is 0 Å². The monoisotopic (exact) mass is 400 g/mol. The third-order valence-corrected chi connectivity index (χ3v) is 4.02. The number of aryl methyl sites for hydroxylation is 1. The Kier molecular flexibility index (Phi) is 8.82. The third kappa shape index (κ3) is 7.37. The highest BCUT2D eigenvalue weighted by molar-refractivity contribution is 5.84. The molecule has 156 valence electrons. The molecule has 29 heavy (non-hydrogen) atoms. The van der Waals surface area contributed by atoms with Crippen molar-refractivity contribution in [2.24, 2.45) is 0 Å². The largest absolute Gasteiger partial charge is 0.490 e. The van der Waals surface area contributed by atoms with Crippen LogP contribution in [0.5, 0.6) is 17.2 Å². The number of amides is 2. The van der Waals surface area contributed by atoms with E-state index >= 15 is 0 Å². The van der Waals surface area contributed by atoms with Crippen molar-refractivity contribution in [3.8, 4) is 17.2 Å². The number of hydrazine groups is 1. The minimum absolute atomic E-state index is 0.0894. The Bertz CT molecular complexity index is 805. The maximum Gasteiger partial charge on any atom is 0.276 e. The molecule has 0 aliphatic heterocycles.